The van der Waals surface area contributed by atoms with Gasteiger partial charge in [0.25, 0.3) is 0 Å². The molecule has 1 N–H and O–H groups in total. The van der Waals surface area contributed by atoms with Crippen LogP contribution in [0.15, 0.2) is 47.4 Å². The molecule has 6 nitrogen and oxygen atoms in total. The molecular formula is C19H20ClFN2O4S. The number of nitrogens with zero attached hydrogens (tertiary/aromatic N) is 1. The van der Waals surface area contributed by atoms with Crippen molar-refractivity contribution in [1.82, 2.24) is 4.31 Å². The molecule has 0 spiro atoms. The highest BCUT2D eigenvalue weighted by Gasteiger charge is 2.26. The molecule has 1 aliphatic heterocycles. The van der Waals surface area contributed by atoms with E-state index in [2.05, 4.69) is 5.32 Å². The van der Waals surface area contributed by atoms with Crippen molar-refractivity contribution < 1.29 is 22.3 Å². The highest BCUT2D eigenvalue weighted by molar-refractivity contribution is 7.89. The van der Waals surface area contributed by atoms with Gasteiger partial charge >= 0.3 is 0 Å². The van der Waals surface area contributed by atoms with E-state index in [1.54, 1.807) is 12.1 Å². The maximum Gasteiger partial charge on any atom is 0.243 e. The normalized spacial score (nSPS) is 15.4. The molecule has 1 saturated heterocycles. The number of halogens is 2. The van der Waals surface area contributed by atoms with Gasteiger partial charge in [0, 0.05) is 24.5 Å². The van der Waals surface area contributed by atoms with E-state index in [1.807, 2.05) is 0 Å². The maximum absolute atomic E-state index is 13.7. The van der Waals surface area contributed by atoms with Gasteiger partial charge in [0.2, 0.25) is 15.9 Å². The van der Waals surface area contributed by atoms with E-state index in [1.165, 1.54) is 34.6 Å². The third-order valence-electron chi connectivity index (χ3n) is 4.37. The first kappa shape index (κ1) is 20.7. The summed E-state index contributed by atoms with van der Waals surface area (Å²) < 4.78 is 45.4. The van der Waals surface area contributed by atoms with E-state index in [9.17, 15) is 17.6 Å². The predicted molar refractivity (Wildman–Crippen MR) is 104 cm³/mol. The minimum absolute atomic E-state index is 0.0319. The van der Waals surface area contributed by atoms with Crippen LogP contribution in [0.1, 0.15) is 12.0 Å². The van der Waals surface area contributed by atoms with Gasteiger partial charge in [-0.25, -0.2) is 12.8 Å². The van der Waals surface area contributed by atoms with Gasteiger partial charge in [0.05, 0.1) is 23.8 Å². The fourth-order valence-corrected chi connectivity index (χ4v) is 4.41. The molecule has 0 atom stereocenters. The van der Waals surface area contributed by atoms with E-state index >= 15 is 0 Å². The van der Waals surface area contributed by atoms with Crippen molar-refractivity contribution in [3.63, 3.8) is 0 Å². The van der Waals surface area contributed by atoms with Crippen LogP contribution in [0.2, 0.25) is 5.02 Å². The molecule has 9 heteroatoms. The van der Waals surface area contributed by atoms with Gasteiger partial charge in [0.1, 0.15) is 5.82 Å². The molecule has 0 unspecified atom stereocenters. The number of hydrogen-bond acceptors (Lipinski definition) is 4. The number of ether oxygens (including phenoxy) is 1. The number of sulfonamides is 1. The minimum atomic E-state index is -3.54. The Labute approximate surface area is 168 Å². The van der Waals surface area contributed by atoms with Crippen LogP contribution in [0, 0.1) is 5.82 Å². The van der Waals surface area contributed by atoms with Crippen LogP contribution < -0.4 is 5.32 Å². The average molecular weight is 427 g/mol. The summed E-state index contributed by atoms with van der Waals surface area (Å²) in [5.74, 6) is -0.915. The third kappa shape index (κ3) is 5.08. The van der Waals surface area contributed by atoms with E-state index in [-0.39, 0.29) is 22.9 Å². The summed E-state index contributed by atoms with van der Waals surface area (Å²) in [7, 11) is -3.54. The summed E-state index contributed by atoms with van der Waals surface area (Å²) in [6, 6.07) is 10.4. The number of benzene rings is 2. The molecule has 1 aliphatic rings. The van der Waals surface area contributed by atoms with E-state index in [4.69, 9.17) is 16.3 Å². The third-order valence-corrected chi connectivity index (χ3v) is 6.52. The molecule has 3 rings (SSSR count). The van der Waals surface area contributed by atoms with Gasteiger partial charge in [-0.05, 0) is 42.3 Å². The highest BCUT2D eigenvalue weighted by atomic mass is 35.5. The van der Waals surface area contributed by atoms with Crippen molar-refractivity contribution in [2.75, 3.05) is 31.6 Å². The van der Waals surface area contributed by atoms with E-state index in [0.29, 0.717) is 37.7 Å². The van der Waals surface area contributed by atoms with Crippen LogP contribution in [-0.4, -0.2) is 44.9 Å². The van der Waals surface area contributed by atoms with Gasteiger partial charge in [-0.1, -0.05) is 23.7 Å². The maximum atomic E-state index is 13.7. The number of aryl methyl sites for hydroxylation is 1. The molecule has 1 fully saturated rings. The Morgan fingerprint density at radius 1 is 1.14 bits per heavy atom. The topological polar surface area (TPSA) is 75.7 Å². The lowest BCUT2D eigenvalue weighted by molar-refractivity contribution is -0.116. The number of nitrogens with one attached hydrogen (secondary N) is 1. The molecular weight excluding hydrogens is 407 g/mol. The Hall–Kier alpha value is -2.00. The molecule has 28 heavy (non-hydrogen) atoms. The van der Waals surface area contributed by atoms with Crippen LogP contribution in [-0.2, 0) is 26.0 Å². The molecule has 150 valence electrons. The van der Waals surface area contributed by atoms with Crippen LogP contribution in [0.4, 0.5) is 10.1 Å². The smallest absolute Gasteiger partial charge is 0.243 e. The zero-order valence-corrected chi connectivity index (χ0v) is 16.6. The van der Waals surface area contributed by atoms with Crippen molar-refractivity contribution in [3.8, 4) is 0 Å². The number of anilines is 1. The van der Waals surface area contributed by atoms with Crippen molar-refractivity contribution in [3.05, 3.63) is 58.9 Å². The molecule has 0 saturated carbocycles. The largest absolute Gasteiger partial charge is 0.379 e. The first-order valence-electron chi connectivity index (χ1n) is 8.78. The Bertz CT molecular complexity index is 945. The Morgan fingerprint density at radius 2 is 1.82 bits per heavy atom. The fraction of sp³-hybridized carbons (Fsp3) is 0.316. The molecule has 2 aromatic carbocycles. The quantitative estimate of drug-likeness (QED) is 0.770. The van der Waals surface area contributed by atoms with E-state index in [0.717, 1.165) is 5.56 Å². The van der Waals surface area contributed by atoms with Gasteiger partial charge in [-0.15, -0.1) is 0 Å². The van der Waals surface area contributed by atoms with Crippen molar-refractivity contribution in [1.29, 1.82) is 0 Å². The molecule has 0 aromatic heterocycles. The Kier molecular flexibility index (Phi) is 6.66. The summed E-state index contributed by atoms with van der Waals surface area (Å²) in [5.41, 5.74) is 0.840. The zero-order chi connectivity index (χ0) is 20.1. The second-order valence-corrected chi connectivity index (χ2v) is 8.71. The molecule has 1 amide bonds. The van der Waals surface area contributed by atoms with Crippen LogP contribution in [0.25, 0.3) is 0 Å². The number of carbonyl (C=O) groups is 1. The predicted octanol–water partition coefficient (Wildman–Crippen LogP) is 3.07. The van der Waals surface area contributed by atoms with Crippen LogP contribution in [0.3, 0.4) is 0 Å². The number of morpholine rings is 1. The first-order chi connectivity index (χ1) is 13.4. The average Bonchev–Trinajstić information content (AvgIpc) is 2.70. The number of hydrogen-bond donors (Lipinski definition) is 1. The summed E-state index contributed by atoms with van der Waals surface area (Å²) >= 11 is 5.80. The minimum Gasteiger partial charge on any atom is -0.379 e. The lowest BCUT2D eigenvalue weighted by atomic mass is 10.1. The second-order valence-electron chi connectivity index (χ2n) is 6.33. The highest BCUT2D eigenvalue weighted by Crippen LogP contribution is 2.21. The molecule has 1 heterocycles. The SMILES string of the molecule is O=C(CCc1ccc(S(=O)(=O)N2CCOCC2)cc1)Nc1cc(Cl)ccc1F. The van der Waals surface area contributed by atoms with Crippen molar-refractivity contribution in [2.45, 2.75) is 17.7 Å². The molecule has 0 bridgehead atoms. The standard InChI is InChI=1S/C19H20ClFN2O4S/c20-15-4-7-17(21)18(13-15)22-19(24)8-3-14-1-5-16(6-2-14)28(25,26)23-9-11-27-12-10-23/h1-2,4-7,13H,3,8-12H2,(H,22,24). The number of carbonyl (C=O) groups excluding carboxylic acids is 1. The lowest BCUT2D eigenvalue weighted by Gasteiger charge is -2.26. The van der Waals surface area contributed by atoms with Crippen molar-refractivity contribution >= 4 is 33.2 Å². The Balaban J connectivity index is 1.58. The van der Waals surface area contributed by atoms with Gasteiger partial charge in [-0.3, -0.25) is 4.79 Å². The summed E-state index contributed by atoms with van der Waals surface area (Å²) in [4.78, 5) is 12.3. The second kappa shape index (κ2) is 9.00. The molecule has 0 radical (unpaired) electrons. The number of rotatable bonds is 6. The van der Waals surface area contributed by atoms with E-state index < -0.39 is 15.8 Å². The molecule has 0 aliphatic carbocycles. The first-order valence-corrected chi connectivity index (χ1v) is 10.6. The zero-order valence-electron chi connectivity index (χ0n) is 15.0. The van der Waals surface area contributed by atoms with Crippen LogP contribution in [0.5, 0.6) is 0 Å². The van der Waals surface area contributed by atoms with Gasteiger partial charge < -0.3 is 10.1 Å². The van der Waals surface area contributed by atoms with Gasteiger partial charge in [0.15, 0.2) is 0 Å². The number of amides is 1. The van der Waals surface area contributed by atoms with Gasteiger partial charge in [-0.2, -0.15) is 4.31 Å². The Morgan fingerprint density at radius 3 is 2.50 bits per heavy atom. The summed E-state index contributed by atoms with van der Waals surface area (Å²) in [5, 5.41) is 2.81. The molecule has 2 aromatic rings. The monoisotopic (exact) mass is 426 g/mol. The summed E-state index contributed by atoms with van der Waals surface area (Å²) in [6.07, 6.45) is 0.521. The fourth-order valence-electron chi connectivity index (χ4n) is 2.83. The van der Waals surface area contributed by atoms with Crippen LogP contribution >= 0.6 is 11.6 Å². The summed E-state index contributed by atoms with van der Waals surface area (Å²) in [6.45, 7) is 1.45. The van der Waals surface area contributed by atoms with Crippen molar-refractivity contribution in [2.24, 2.45) is 0 Å². The lowest BCUT2D eigenvalue weighted by Crippen LogP contribution is -2.40.